The maximum atomic E-state index is 5.33. The summed E-state index contributed by atoms with van der Waals surface area (Å²) in [6.07, 6.45) is 7.69. The van der Waals surface area contributed by atoms with E-state index < -0.39 is 0 Å². The molecule has 0 N–H and O–H groups in total. The molecule has 168 valence electrons. The Morgan fingerprint density at radius 2 is 1.87 bits per heavy atom. The monoisotopic (exact) mass is 464 g/mol. The number of nitrogens with zero attached hydrogens (tertiary/aromatic N) is 6. The molecule has 0 unspecified atom stereocenters. The number of fused-ring (bicyclic) bond motifs is 2. The van der Waals surface area contributed by atoms with E-state index in [-0.39, 0.29) is 24.8 Å². The number of methoxy groups -OCH3 is 1. The Bertz CT molecular complexity index is 982. The van der Waals surface area contributed by atoms with E-state index in [0.717, 1.165) is 31.1 Å². The van der Waals surface area contributed by atoms with E-state index in [0.29, 0.717) is 17.7 Å². The maximum Gasteiger partial charge on any atom is 0.252 e. The first kappa shape index (κ1) is 23.7. The van der Waals surface area contributed by atoms with Crippen LogP contribution in [0.2, 0.25) is 0 Å². The van der Waals surface area contributed by atoms with Gasteiger partial charge in [-0.25, -0.2) is 9.50 Å². The summed E-state index contributed by atoms with van der Waals surface area (Å²) >= 11 is 0. The van der Waals surface area contributed by atoms with Gasteiger partial charge in [0.25, 0.3) is 5.78 Å². The summed E-state index contributed by atoms with van der Waals surface area (Å²) in [7, 11) is 3.99. The molecule has 7 nitrogen and oxygen atoms in total. The molecule has 3 aromatic rings. The van der Waals surface area contributed by atoms with E-state index >= 15 is 0 Å². The number of benzene rings is 1. The van der Waals surface area contributed by atoms with Crippen molar-refractivity contribution in [2.24, 2.45) is 11.8 Å². The molecule has 9 heteroatoms. The quantitative estimate of drug-likeness (QED) is 0.558. The minimum atomic E-state index is 0. The predicted molar refractivity (Wildman–Crippen MR) is 125 cm³/mol. The average molecular weight is 465 g/mol. The highest BCUT2D eigenvalue weighted by Gasteiger charge is 2.45. The third-order valence-electron chi connectivity index (χ3n) is 6.56. The maximum absolute atomic E-state index is 5.33. The number of likely N-dealkylation sites (tertiary alicyclic amines) is 2. The molecule has 2 aliphatic rings. The average Bonchev–Trinajstić information content (AvgIpc) is 3.42. The predicted octanol–water partition coefficient (Wildman–Crippen LogP) is 3.14. The van der Waals surface area contributed by atoms with Gasteiger partial charge >= 0.3 is 0 Å². The zero-order chi connectivity index (χ0) is 19.8. The van der Waals surface area contributed by atoms with E-state index in [1.165, 1.54) is 30.8 Å². The molecule has 0 radical (unpaired) electrons. The summed E-state index contributed by atoms with van der Waals surface area (Å²) in [6, 6.07) is 9.15. The molecule has 2 aromatic heterocycles. The Balaban J connectivity index is 0.00000136. The number of hydrogen-bond donors (Lipinski definition) is 0. The molecule has 2 saturated heterocycles. The van der Waals surface area contributed by atoms with Crippen molar-refractivity contribution in [2.75, 3.05) is 40.3 Å². The normalized spacial score (nSPS) is 23.4. The smallest absolute Gasteiger partial charge is 0.252 e. The molecule has 2 fully saturated rings. The summed E-state index contributed by atoms with van der Waals surface area (Å²) in [4.78, 5) is 13.7. The van der Waals surface area contributed by atoms with Gasteiger partial charge in [-0.05, 0) is 61.5 Å². The van der Waals surface area contributed by atoms with Gasteiger partial charge in [-0.3, -0.25) is 4.90 Å². The molecule has 1 aromatic carbocycles. The van der Waals surface area contributed by atoms with E-state index in [9.17, 15) is 0 Å². The molecule has 2 aliphatic heterocycles. The minimum Gasteiger partial charge on any atom is -0.497 e. The van der Waals surface area contributed by atoms with Crippen molar-refractivity contribution < 1.29 is 4.74 Å². The molecule has 0 aliphatic carbocycles. The van der Waals surface area contributed by atoms with Crippen LogP contribution in [0.3, 0.4) is 0 Å². The second-order valence-corrected chi connectivity index (χ2v) is 8.41. The second-order valence-electron chi connectivity index (χ2n) is 8.41. The fourth-order valence-corrected chi connectivity index (χ4v) is 5.23. The summed E-state index contributed by atoms with van der Waals surface area (Å²) in [5.74, 6) is 3.06. The molecule has 0 saturated carbocycles. The SMILES string of the molecule is COc1ccc([C@@H]2[C@@H]3CN(CCCc4cnc5ncnn5c4)C[C@@H]3CN2C)cc1.Cl.Cl. The third-order valence-corrected chi connectivity index (χ3v) is 6.56. The van der Waals surface area contributed by atoms with Gasteiger partial charge in [0.15, 0.2) is 0 Å². The lowest BCUT2D eigenvalue weighted by Crippen LogP contribution is -2.29. The highest BCUT2D eigenvalue weighted by molar-refractivity contribution is 5.85. The first-order valence-electron chi connectivity index (χ1n) is 10.4. The zero-order valence-corrected chi connectivity index (χ0v) is 19.6. The molecule has 4 heterocycles. The molecule has 5 rings (SSSR count). The molecular formula is C22H30Cl2N6O. The van der Waals surface area contributed by atoms with Crippen molar-refractivity contribution in [1.82, 2.24) is 29.4 Å². The van der Waals surface area contributed by atoms with Crippen molar-refractivity contribution >= 4 is 30.6 Å². The number of ether oxygens (including phenoxy) is 1. The van der Waals surface area contributed by atoms with Crippen LogP contribution in [-0.2, 0) is 6.42 Å². The fourth-order valence-electron chi connectivity index (χ4n) is 5.23. The molecule has 3 atom stereocenters. The third kappa shape index (κ3) is 4.80. The van der Waals surface area contributed by atoms with Gasteiger partial charge in [0.1, 0.15) is 12.1 Å². The van der Waals surface area contributed by atoms with Crippen LogP contribution in [0.25, 0.3) is 5.78 Å². The first-order chi connectivity index (χ1) is 14.2. The summed E-state index contributed by atoms with van der Waals surface area (Å²) in [5, 5.41) is 4.18. The molecule has 0 spiro atoms. The Labute approximate surface area is 195 Å². The lowest BCUT2D eigenvalue weighted by atomic mass is 9.89. The first-order valence-corrected chi connectivity index (χ1v) is 10.4. The standard InChI is InChI=1S/C22H28N6O.2ClH/c1-26-12-18-13-27(9-3-4-16-10-23-22-24-15-25-28(22)11-16)14-20(18)21(26)17-5-7-19(29-2)8-6-17;;/h5-8,10-11,15,18,20-21H,3-4,9,12-14H2,1-2H3;2*1H/t18-,20+,21+;;/m0../s1. The Hall–Kier alpha value is -1.93. The number of halogens is 2. The van der Waals surface area contributed by atoms with Crippen molar-refractivity contribution in [3.8, 4) is 5.75 Å². The van der Waals surface area contributed by atoms with E-state index in [1.807, 2.05) is 12.4 Å². The summed E-state index contributed by atoms with van der Waals surface area (Å²) in [5.41, 5.74) is 2.63. The van der Waals surface area contributed by atoms with Crippen molar-refractivity contribution in [3.05, 3.63) is 54.1 Å². The highest BCUT2D eigenvalue weighted by Crippen LogP contribution is 2.44. The Morgan fingerprint density at radius 3 is 2.65 bits per heavy atom. The van der Waals surface area contributed by atoms with Gasteiger partial charge in [-0.15, -0.1) is 24.8 Å². The summed E-state index contributed by atoms with van der Waals surface area (Å²) in [6.45, 7) is 4.72. The van der Waals surface area contributed by atoms with Crippen molar-refractivity contribution in [1.29, 1.82) is 0 Å². The van der Waals surface area contributed by atoms with Crippen LogP contribution in [-0.4, -0.2) is 69.7 Å². The molecule has 31 heavy (non-hydrogen) atoms. The van der Waals surface area contributed by atoms with Crippen LogP contribution in [0, 0.1) is 11.8 Å². The highest BCUT2D eigenvalue weighted by atomic mass is 35.5. The van der Waals surface area contributed by atoms with Crippen LogP contribution in [0.4, 0.5) is 0 Å². The topological polar surface area (TPSA) is 58.8 Å². The zero-order valence-electron chi connectivity index (χ0n) is 17.9. The van der Waals surface area contributed by atoms with Gasteiger partial charge in [-0.2, -0.15) is 10.1 Å². The van der Waals surface area contributed by atoms with E-state index in [1.54, 1.807) is 18.0 Å². The summed E-state index contributed by atoms with van der Waals surface area (Å²) < 4.78 is 7.08. The molecular weight excluding hydrogens is 435 g/mol. The van der Waals surface area contributed by atoms with Gasteiger partial charge < -0.3 is 9.64 Å². The second kappa shape index (κ2) is 10.1. The lowest BCUT2D eigenvalue weighted by Gasteiger charge is -2.27. The van der Waals surface area contributed by atoms with Gasteiger partial charge in [0, 0.05) is 38.1 Å². The van der Waals surface area contributed by atoms with Gasteiger partial charge in [-0.1, -0.05) is 12.1 Å². The number of aromatic nitrogens is 4. The fraction of sp³-hybridized carbons (Fsp3) is 0.500. The van der Waals surface area contributed by atoms with Crippen LogP contribution in [0.5, 0.6) is 5.75 Å². The van der Waals surface area contributed by atoms with Crippen LogP contribution >= 0.6 is 24.8 Å². The molecule has 0 bridgehead atoms. The van der Waals surface area contributed by atoms with Crippen LogP contribution in [0.1, 0.15) is 23.6 Å². The number of hydrogen-bond acceptors (Lipinski definition) is 6. The Morgan fingerprint density at radius 1 is 1.06 bits per heavy atom. The minimum absolute atomic E-state index is 0. The van der Waals surface area contributed by atoms with Crippen molar-refractivity contribution in [2.45, 2.75) is 18.9 Å². The molecule has 0 amide bonds. The van der Waals surface area contributed by atoms with Gasteiger partial charge in [0.05, 0.1) is 7.11 Å². The van der Waals surface area contributed by atoms with Gasteiger partial charge in [0.2, 0.25) is 0 Å². The largest absolute Gasteiger partial charge is 0.497 e. The van der Waals surface area contributed by atoms with E-state index in [4.69, 9.17) is 4.74 Å². The van der Waals surface area contributed by atoms with Crippen LogP contribution in [0.15, 0.2) is 43.0 Å². The van der Waals surface area contributed by atoms with Crippen LogP contribution < -0.4 is 4.74 Å². The number of rotatable bonds is 6. The number of aryl methyl sites for hydroxylation is 1. The van der Waals surface area contributed by atoms with Crippen molar-refractivity contribution in [3.63, 3.8) is 0 Å². The lowest BCUT2D eigenvalue weighted by molar-refractivity contribution is 0.227. The Kier molecular flexibility index (Phi) is 7.75. The van der Waals surface area contributed by atoms with E-state index in [2.05, 4.69) is 56.2 Å².